The number of unbranched alkanes of at least 4 members (excludes halogenated alkanes) is 10. The van der Waals surface area contributed by atoms with E-state index in [1.165, 1.54) is 44.9 Å². The van der Waals surface area contributed by atoms with Crippen LogP contribution in [0.2, 0.25) is 0 Å². The van der Waals surface area contributed by atoms with Crippen molar-refractivity contribution in [3.05, 3.63) is 0 Å². The molecule has 0 atom stereocenters. The maximum atomic E-state index is 10.9. The van der Waals surface area contributed by atoms with Gasteiger partial charge in [0.15, 0.2) is 0 Å². The summed E-state index contributed by atoms with van der Waals surface area (Å²) in [7, 11) is -5.15. The second-order valence-electron chi connectivity index (χ2n) is 5.20. The van der Waals surface area contributed by atoms with Gasteiger partial charge in [-0.3, -0.25) is 4.79 Å². The van der Waals surface area contributed by atoms with Gasteiger partial charge in [0.05, 0.1) is 0 Å². The van der Waals surface area contributed by atoms with Crippen molar-refractivity contribution in [1.29, 1.82) is 0 Å². The fraction of sp³-hybridized carbons (Fsp3) is 0.929. The summed E-state index contributed by atoms with van der Waals surface area (Å²) < 4.78 is 13.9. The van der Waals surface area contributed by atoms with E-state index in [9.17, 15) is 19.1 Å². The number of hydrogen-bond donors (Lipinski definition) is 0. The fourth-order valence-corrected chi connectivity index (χ4v) is 2.44. The average molecular weight is 352 g/mol. The fourth-order valence-electron chi connectivity index (χ4n) is 2.10. The first-order valence-electron chi connectivity index (χ1n) is 7.70. The van der Waals surface area contributed by atoms with E-state index in [-0.39, 0.29) is 65.5 Å². The third-order valence-electron chi connectivity index (χ3n) is 3.20. The Morgan fingerprint density at radius 1 is 0.818 bits per heavy atom. The van der Waals surface area contributed by atoms with Crippen molar-refractivity contribution < 1.29 is 82.8 Å². The van der Waals surface area contributed by atoms with E-state index in [0.717, 1.165) is 19.3 Å². The molecule has 0 unspecified atom stereocenters. The van der Waals surface area contributed by atoms with Gasteiger partial charge < -0.3 is 18.9 Å². The molecule has 0 saturated heterocycles. The molecule has 0 aromatic carbocycles. The van der Waals surface area contributed by atoms with Gasteiger partial charge in [0, 0.05) is 6.42 Å². The molecule has 22 heavy (non-hydrogen) atoms. The van der Waals surface area contributed by atoms with E-state index in [1.54, 1.807) is 0 Å². The summed E-state index contributed by atoms with van der Waals surface area (Å²) in [5.41, 5.74) is 0. The monoisotopic (exact) mass is 352 g/mol. The number of rotatable bonds is 13. The second-order valence-corrected chi connectivity index (χ2v) is 6.27. The molecule has 0 rings (SSSR count). The average Bonchev–Trinajstić information content (AvgIpc) is 2.34. The van der Waals surface area contributed by atoms with Crippen molar-refractivity contribution in [2.75, 3.05) is 0 Å². The van der Waals surface area contributed by atoms with Crippen LogP contribution in [-0.4, -0.2) is 5.97 Å². The molecule has 0 fully saturated rings. The minimum absolute atomic E-state index is 0. The Labute approximate surface area is 179 Å². The van der Waals surface area contributed by atoms with E-state index in [0.29, 0.717) is 6.42 Å². The van der Waals surface area contributed by atoms with Crippen molar-refractivity contribution in [1.82, 2.24) is 0 Å². The molecule has 0 N–H and O–H groups in total. The van der Waals surface area contributed by atoms with Crippen LogP contribution in [0.15, 0.2) is 0 Å². The van der Waals surface area contributed by atoms with Crippen LogP contribution in [-0.2, 0) is 13.9 Å². The van der Waals surface area contributed by atoms with Gasteiger partial charge in [-0.15, -0.1) is 0 Å². The van der Waals surface area contributed by atoms with Gasteiger partial charge in [0.25, 0.3) is 0 Å². The Kier molecular flexibility index (Phi) is 24.5. The van der Waals surface area contributed by atoms with Crippen molar-refractivity contribution >= 4 is 13.8 Å². The molecule has 0 bridgehead atoms. The second kappa shape index (κ2) is 19.0. The van der Waals surface area contributed by atoms with E-state index in [4.69, 9.17) is 0 Å². The molecular formula is C14H27Na2O5P. The molecule has 5 nitrogen and oxygen atoms in total. The molecule has 0 aromatic heterocycles. The summed E-state index contributed by atoms with van der Waals surface area (Å²) in [5.74, 6) is -0.936. The molecule has 0 aliphatic rings. The predicted molar refractivity (Wildman–Crippen MR) is 74.8 cm³/mol. The Hall–Kier alpha value is 1.62. The molecular weight excluding hydrogens is 325 g/mol. The van der Waals surface area contributed by atoms with Crippen LogP contribution in [0.3, 0.4) is 0 Å². The largest absolute Gasteiger partial charge is 1.00 e. The van der Waals surface area contributed by atoms with Gasteiger partial charge in [-0.1, -0.05) is 71.1 Å². The first-order chi connectivity index (χ1) is 9.45. The number of hydrogen-bond acceptors (Lipinski definition) is 5. The Balaban J connectivity index is -0.00000180. The van der Waals surface area contributed by atoms with Crippen LogP contribution >= 0.6 is 7.82 Å². The number of phosphoric acid groups is 1. The minimum Gasteiger partial charge on any atom is -0.780 e. The summed E-state index contributed by atoms with van der Waals surface area (Å²) >= 11 is 0. The van der Waals surface area contributed by atoms with Gasteiger partial charge in [-0.05, 0) is 6.42 Å². The molecule has 120 valence electrons. The summed E-state index contributed by atoms with van der Waals surface area (Å²) in [6, 6.07) is 0. The molecule has 0 aliphatic carbocycles. The first-order valence-corrected chi connectivity index (χ1v) is 9.16. The molecule has 0 aliphatic heterocycles. The SMILES string of the molecule is CCCCCCCCCCCCCC(=O)OP(=O)([O-])[O-].[Na+].[Na+]. The Bertz CT molecular complexity index is 297. The third-order valence-corrected chi connectivity index (χ3v) is 3.63. The maximum Gasteiger partial charge on any atom is 1.00 e. The van der Waals surface area contributed by atoms with Crippen LogP contribution in [0.5, 0.6) is 0 Å². The Morgan fingerprint density at radius 2 is 1.18 bits per heavy atom. The predicted octanol–water partition coefficient (Wildman–Crippen LogP) is -2.93. The van der Waals surface area contributed by atoms with Crippen molar-refractivity contribution in [2.45, 2.75) is 84.0 Å². The molecule has 8 heteroatoms. The Morgan fingerprint density at radius 3 is 1.55 bits per heavy atom. The summed E-state index contributed by atoms with van der Waals surface area (Å²) in [5, 5.41) is 0. The molecule has 0 radical (unpaired) electrons. The van der Waals surface area contributed by atoms with E-state index >= 15 is 0 Å². The zero-order chi connectivity index (χ0) is 15.3. The minimum atomic E-state index is -5.15. The van der Waals surface area contributed by atoms with Gasteiger partial charge in [0.1, 0.15) is 7.82 Å². The van der Waals surface area contributed by atoms with Crippen LogP contribution in [0, 0.1) is 0 Å². The summed E-state index contributed by atoms with van der Waals surface area (Å²) in [6.45, 7) is 2.21. The van der Waals surface area contributed by atoms with E-state index in [2.05, 4.69) is 11.4 Å². The zero-order valence-electron chi connectivity index (χ0n) is 14.5. The molecule has 0 amide bonds. The smallest absolute Gasteiger partial charge is 0.780 e. The van der Waals surface area contributed by atoms with Crippen LogP contribution < -0.4 is 68.9 Å². The standard InChI is InChI=1S/C14H29O5P.2Na/c1-2-3-4-5-6-7-8-9-10-11-12-13-14(15)19-20(16,17)18;;/h2-13H2,1H3,(H2,16,17,18);;/q;2*+1/p-2. The first kappa shape index (κ1) is 28.4. The van der Waals surface area contributed by atoms with Gasteiger partial charge >= 0.3 is 65.1 Å². The van der Waals surface area contributed by atoms with Gasteiger partial charge in [-0.2, -0.15) is 0 Å². The van der Waals surface area contributed by atoms with E-state index in [1.807, 2.05) is 0 Å². The van der Waals surface area contributed by atoms with Crippen LogP contribution in [0.4, 0.5) is 0 Å². The van der Waals surface area contributed by atoms with Crippen molar-refractivity contribution in [2.24, 2.45) is 0 Å². The number of phosphoric ester groups is 1. The normalized spacial score (nSPS) is 10.5. The quantitative estimate of drug-likeness (QED) is 0.201. The van der Waals surface area contributed by atoms with Gasteiger partial charge in [-0.25, -0.2) is 0 Å². The summed E-state index contributed by atoms with van der Waals surface area (Å²) in [4.78, 5) is 31.3. The molecule has 0 spiro atoms. The number of carbonyl (C=O) groups is 1. The molecule has 0 heterocycles. The van der Waals surface area contributed by atoms with Crippen molar-refractivity contribution in [3.63, 3.8) is 0 Å². The topological polar surface area (TPSA) is 89.5 Å². The third kappa shape index (κ3) is 23.9. The van der Waals surface area contributed by atoms with Crippen LogP contribution in [0.25, 0.3) is 0 Å². The molecule has 0 saturated carbocycles. The van der Waals surface area contributed by atoms with Crippen molar-refractivity contribution in [3.8, 4) is 0 Å². The summed E-state index contributed by atoms with van der Waals surface area (Å²) in [6.07, 6.45) is 12.7. The maximum absolute atomic E-state index is 10.9. The van der Waals surface area contributed by atoms with E-state index < -0.39 is 13.8 Å². The number of carbonyl (C=O) groups excluding carboxylic acids is 1. The van der Waals surface area contributed by atoms with Crippen LogP contribution in [0.1, 0.15) is 84.0 Å². The zero-order valence-corrected chi connectivity index (χ0v) is 19.4. The van der Waals surface area contributed by atoms with Gasteiger partial charge in [0.2, 0.25) is 0 Å². The molecule has 0 aromatic rings.